The van der Waals surface area contributed by atoms with Crippen molar-refractivity contribution >= 4 is 17.9 Å². The highest BCUT2D eigenvalue weighted by atomic mass is 32.2. The maximum absolute atomic E-state index is 13.3. The first-order valence-corrected chi connectivity index (χ1v) is 9.71. The molecule has 0 aliphatic carbocycles. The number of piperidine rings is 1. The van der Waals surface area contributed by atoms with Gasteiger partial charge in [-0.15, -0.1) is 0 Å². The van der Waals surface area contributed by atoms with Crippen molar-refractivity contribution in [3.05, 3.63) is 71.5 Å². The summed E-state index contributed by atoms with van der Waals surface area (Å²) in [5, 5.41) is 0.494. The van der Waals surface area contributed by atoms with Gasteiger partial charge in [-0.2, -0.15) is 11.8 Å². The molecule has 1 aliphatic rings. The van der Waals surface area contributed by atoms with Gasteiger partial charge in [-0.3, -0.25) is 0 Å². The monoisotopic (exact) mass is 359 g/mol. The average molecular weight is 359 g/mol. The molecule has 1 fully saturated rings. The van der Waals surface area contributed by atoms with E-state index in [1.165, 1.54) is 12.1 Å². The van der Waals surface area contributed by atoms with E-state index >= 15 is 0 Å². The number of benzene rings is 2. The van der Waals surface area contributed by atoms with Crippen LogP contribution < -0.4 is 0 Å². The molecule has 2 atom stereocenters. The van der Waals surface area contributed by atoms with Crippen LogP contribution >= 0.6 is 11.8 Å². The van der Waals surface area contributed by atoms with Crippen molar-refractivity contribution in [3.63, 3.8) is 0 Å². The molecular weight excluding hydrogens is 337 g/mol. The summed E-state index contributed by atoms with van der Waals surface area (Å²) in [6.07, 6.45) is 3.58. The lowest BCUT2D eigenvalue weighted by molar-refractivity contribution is 0.0690. The van der Waals surface area contributed by atoms with Crippen molar-refractivity contribution < 1.29 is 13.9 Å². The van der Waals surface area contributed by atoms with Gasteiger partial charge in [-0.05, 0) is 42.4 Å². The molecule has 0 spiro atoms. The molecule has 1 heterocycles. The molecule has 2 aromatic rings. The maximum atomic E-state index is 13.3. The van der Waals surface area contributed by atoms with Gasteiger partial charge in [0.05, 0.1) is 6.04 Å². The summed E-state index contributed by atoms with van der Waals surface area (Å²) < 4.78 is 18.8. The Kier molecular flexibility index (Phi) is 5.97. The molecule has 132 valence electrons. The fourth-order valence-electron chi connectivity index (χ4n) is 3.17. The SMILES string of the molecule is CS[C@@H]1CCN(C(=O)OCc2ccccc2)[C@@H](c2ccc(F)cc2)C1. The van der Waals surface area contributed by atoms with E-state index in [1.807, 2.05) is 42.1 Å². The van der Waals surface area contributed by atoms with Crippen molar-refractivity contribution in [1.29, 1.82) is 0 Å². The number of carbonyl (C=O) groups is 1. The summed E-state index contributed by atoms with van der Waals surface area (Å²) in [5.74, 6) is -0.265. The third-order valence-electron chi connectivity index (χ3n) is 4.58. The lowest BCUT2D eigenvalue weighted by atomic mass is 9.95. The number of nitrogens with zero attached hydrogens (tertiary/aromatic N) is 1. The van der Waals surface area contributed by atoms with Gasteiger partial charge in [-0.25, -0.2) is 9.18 Å². The number of amides is 1. The van der Waals surface area contributed by atoms with Gasteiger partial charge in [0.1, 0.15) is 12.4 Å². The molecule has 0 bridgehead atoms. The minimum Gasteiger partial charge on any atom is -0.445 e. The van der Waals surface area contributed by atoms with E-state index in [0.717, 1.165) is 24.0 Å². The Balaban J connectivity index is 1.72. The van der Waals surface area contributed by atoms with Crippen LogP contribution in [0.15, 0.2) is 54.6 Å². The topological polar surface area (TPSA) is 29.5 Å². The van der Waals surface area contributed by atoms with E-state index in [2.05, 4.69) is 6.26 Å². The fourth-order valence-corrected chi connectivity index (χ4v) is 3.88. The van der Waals surface area contributed by atoms with Crippen molar-refractivity contribution in [2.45, 2.75) is 30.7 Å². The second-order valence-corrected chi connectivity index (χ2v) is 7.32. The van der Waals surface area contributed by atoms with Gasteiger partial charge in [0.2, 0.25) is 0 Å². The van der Waals surface area contributed by atoms with Gasteiger partial charge in [-0.1, -0.05) is 42.5 Å². The predicted molar refractivity (Wildman–Crippen MR) is 99.0 cm³/mol. The minimum absolute atomic E-state index is 0.0740. The van der Waals surface area contributed by atoms with E-state index in [0.29, 0.717) is 11.8 Å². The average Bonchev–Trinajstić information content (AvgIpc) is 2.67. The lowest BCUT2D eigenvalue weighted by Crippen LogP contribution is -2.42. The third-order valence-corrected chi connectivity index (χ3v) is 5.68. The third kappa shape index (κ3) is 4.54. The number of hydrogen-bond acceptors (Lipinski definition) is 3. The Morgan fingerprint density at radius 1 is 1.20 bits per heavy atom. The summed E-state index contributed by atoms with van der Waals surface area (Å²) in [5.41, 5.74) is 1.92. The molecule has 1 saturated heterocycles. The van der Waals surface area contributed by atoms with E-state index < -0.39 is 0 Å². The number of thioether (sulfide) groups is 1. The van der Waals surface area contributed by atoms with Gasteiger partial charge < -0.3 is 9.64 Å². The Morgan fingerprint density at radius 2 is 1.92 bits per heavy atom. The summed E-state index contributed by atoms with van der Waals surface area (Å²) in [7, 11) is 0. The molecule has 25 heavy (non-hydrogen) atoms. The molecule has 5 heteroatoms. The second-order valence-electron chi connectivity index (χ2n) is 6.18. The van der Waals surface area contributed by atoms with Crippen LogP contribution in [0.2, 0.25) is 0 Å². The van der Waals surface area contributed by atoms with Crippen molar-refractivity contribution in [3.8, 4) is 0 Å². The Morgan fingerprint density at radius 3 is 2.60 bits per heavy atom. The number of hydrogen-bond donors (Lipinski definition) is 0. The molecule has 3 rings (SSSR count). The Bertz CT molecular complexity index is 693. The van der Waals surface area contributed by atoms with Crippen LogP contribution in [0.4, 0.5) is 9.18 Å². The normalized spacial score (nSPS) is 20.3. The van der Waals surface area contributed by atoms with Crippen LogP contribution in [0.1, 0.15) is 30.0 Å². The lowest BCUT2D eigenvalue weighted by Gasteiger charge is -2.38. The van der Waals surface area contributed by atoms with Crippen LogP contribution in [0.25, 0.3) is 0 Å². The summed E-state index contributed by atoms with van der Waals surface area (Å²) in [6.45, 7) is 0.916. The number of carbonyl (C=O) groups excluding carboxylic acids is 1. The van der Waals surface area contributed by atoms with Crippen molar-refractivity contribution in [1.82, 2.24) is 4.90 Å². The first kappa shape index (κ1) is 17.8. The van der Waals surface area contributed by atoms with Crippen molar-refractivity contribution in [2.75, 3.05) is 12.8 Å². The quantitative estimate of drug-likeness (QED) is 0.767. The zero-order valence-corrected chi connectivity index (χ0v) is 15.0. The molecule has 0 radical (unpaired) electrons. The summed E-state index contributed by atoms with van der Waals surface area (Å²) in [4.78, 5) is 14.4. The van der Waals surface area contributed by atoms with Gasteiger partial charge in [0, 0.05) is 11.8 Å². The first-order valence-electron chi connectivity index (χ1n) is 8.43. The standard InChI is InChI=1S/C20H22FNO2S/c1-25-18-11-12-22(19(13-18)16-7-9-17(21)10-8-16)20(23)24-14-15-5-3-2-4-6-15/h2-10,18-19H,11-14H2,1H3/t18-,19-/m1/s1. The second kappa shape index (κ2) is 8.39. The van der Waals surface area contributed by atoms with E-state index in [4.69, 9.17) is 4.74 Å². The molecule has 0 aromatic heterocycles. The van der Waals surface area contributed by atoms with E-state index in [1.54, 1.807) is 17.0 Å². The van der Waals surface area contributed by atoms with Crippen LogP contribution in [0.3, 0.4) is 0 Å². The molecule has 3 nitrogen and oxygen atoms in total. The molecule has 1 aliphatic heterocycles. The van der Waals surface area contributed by atoms with Gasteiger partial charge >= 0.3 is 6.09 Å². The van der Waals surface area contributed by atoms with Crippen molar-refractivity contribution in [2.24, 2.45) is 0 Å². The Hall–Kier alpha value is -2.01. The van der Waals surface area contributed by atoms with Crippen LogP contribution in [-0.4, -0.2) is 29.0 Å². The van der Waals surface area contributed by atoms with Crippen LogP contribution in [0, 0.1) is 5.82 Å². The van der Waals surface area contributed by atoms with Gasteiger partial charge in [0.25, 0.3) is 0 Å². The molecule has 0 unspecified atom stereocenters. The van der Waals surface area contributed by atoms with E-state index in [9.17, 15) is 9.18 Å². The van der Waals surface area contributed by atoms with Crippen LogP contribution in [0.5, 0.6) is 0 Å². The first-order chi connectivity index (χ1) is 12.2. The number of likely N-dealkylation sites (tertiary alicyclic amines) is 1. The Labute approximate surface area is 152 Å². The summed E-state index contributed by atoms with van der Waals surface area (Å²) >= 11 is 1.82. The largest absolute Gasteiger partial charge is 0.445 e. The highest BCUT2D eigenvalue weighted by Crippen LogP contribution is 2.36. The zero-order chi connectivity index (χ0) is 17.6. The molecule has 2 aromatic carbocycles. The minimum atomic E-state index is -0.308. The number of halogens is 1. The highest BCUT2D eigenvalue weighted by molar-refractivity contribution is 7.99. The smallest absolute Gasteiger partial charge is 0.410 e. The predicted octanol–water partition coefficient (Wildman–Crippen LogP) is 5.03. The zero-order valence-electron chi connectivity index (χ0n) is 14.2. The van der Waals surface area contributed by atoms with E-state index in [-0.39, 0.29) is 24.6 Å². The molecule has 1 amide bonds. The van der Waals surface area contributed by atoms with Crippen LogP contribution in [-0.2, 0) is 11.3 Å². The van der Waals surface area contributed by atoms with Gasteiger partial charge in [0.15, 0.2) is 0 Å². The number of rotatable bonds is 4. The molecule has 0 N–H and O–H groups in total. The number of ether oxygens (including phenoxy) is 1. The fraction of sp³-hybridized carbons (Fsp3) is 0.350. The highest BCUT2D eigenvalue weighted by Gasteiger charge is 2.33. The maximum Gasteiger partial charge on any atom is 0.410 e. The summed E-state index contributed by atoms with van der Waals surface area (Å²) in [6, 6.07) is 16.0. The molecular formula is C20H22FNO2S. The molecule has 0 saturated carbocycles.